The molecule has 0 saturated heterocycles. The molecule has 4 rings (SSSR count). The first kappa shape index (κ1) is 21.4. The van der Waals surface area contributed by atoms with Crippen molar-refractivity contribution in [3.63, 3.8) is 0 Å². The first-order valence-electron chi connectivity index (χ1n) is 9.87. The van der Waals surface area contributed by atoms with Gasteiger partial charge in [-0.1, -0.05) is 66.7 Å². The SMILES string of the molecule is COC(=O)c1ccc(Oc2cccc3ccccc23)cc1NS(=O)(=O)Cc1ccccc1. The van der Waals surface area contributed by atoms with E-state index in [2.05, 4.69) is 4.72 Å². The van der Waals surface area contributed by atoms with Crippen LogP contribution in [-0.4, -0.2) is 21.5 Å². The van der Waals surface area contributed by atoms with Crippen LogP contribution in [0.2, 0.25) is 0 Å². The number of hydrogen-bond donors (Lipinski definition) is 1. The molecule has 0 fully saturated rings. The Morgan fingerprint density at radius 3 is 2.38 bits per heavy atom. The van der Waals surface area contributed by atoms with Crippen molar-refractivity contribution in [1.29, 1.82) is 0 Å². The van der Waals surface area contributed by atoms with Gasteiger partial charge < -0.3 is 9.47 Å². The molecule has 0 aliphatic carbocycles. The second-order valence-electron chi connectivity index (χ2n) is 7.13. The van der Waals surface area contributed by atoms with Gasteiger partial charge in [0.15, 0.2) is 0 Å². The summed E-state index contributed by atoms with van der Waals surface area (Å²) >= 11 is 0. The van der Waals surface area contributed by atoms with Crippen molar-refractivity contribution >= 4 is 32.5 Å². The molecule has 0 aliphatic rings. The Bertz CT molecular complexity index is 1360. The monoisotopic (exact) mass is 447 g/mol. The quantitative estimate of drug-likeness (QED) is 0.386. The number of sulfonamides is 1. The number of carbonyl (C=O) groups is 1. The standard InChI is InChI=1S/C25H21NO5S/c1-30-25(27)22-15-14-20(31-24-13-7-11-19-10-5-6-12-21(19)24)16-23(22)26-32(28,29)17-18-8-3-2-4-9-18/h2-16,26H,17H2,1H3. The maximum absolute atomic E-state index is 12.8. The largest absolute Gasteiger partial charge is 0.465 e. The average Bonchev–Trinajstić information content (AvgIpc) is 2.79. The minimum atomic E-state index is -3.79. The van der Waals surface area contributed by atoms with E-state index >= 15 is 0 Å². The zero-order valence-corrected chi connectivity index (χ0v) is 18.1. The lowest BCUT2D eigenvalue weighted by Gasteiger charge is -2.14. The summed E-state index contributed by atoms with van der Waals surface area (Å²) in [6.45, 7) is 0. The van der Waals surface area contributed by atoms with Crippen molar-refractivity contribution in [3.05, 3.63) is 102 Å². The van der Waals surface area contributed by atoms with E-state index in [0.717, 1.165) is 10.8 Å². The van der Waals surface area contributed by atoms with E-state index in [9.17, 15) is 13.2 Å². The van der Waals surface area contributed by atoms with E-state index in [1.807, 2.05) is 48.5 Å². The molecule has 4 aromatic rings. The fourth-order valence-corrected chi connectivity index (χ4v) is 4.58. The number of anilines is 1. The molecule has 0 aromatic heterocycles. The first-order chi connectivity index (χ1) is 15.4. The Morgan fingerprint density at radius 2 is 1.59 bits per heavy atom. The predicted octanol–water partition coefficient (Wildman–Crippen LogP) is 5.36. The molecule has 0 atom stereocenters. The Kier molecular flexibility index (Phi) is 6.09. The fraction of sp³-hybridized carbons (Fsp3) is 0.0800. The van der Waals surface area contributed by atoms with Gasteiger partial charge in [0.2, 0.25) is 10.0 Å². The summed E-state index contributed by atoms with van der Waals surface area (Å²) in [5.41, 5.74) is 0.808. The van der Waals surface area contributed by atoms with Gasteiger partial charge in [-0.3, -0.25) is 4.72 Å². The number of ether oxygens (including phenoxy) is 2. The van der Waals surface area contributed by atoms with Crippen LogP contribution in [0.25, 0.3) is 10.8 Å². The van der Waals surface area contributed by atoms with Gasteiger partial charge in [-0.25, -0.2) is 13.2 Å². The number of fused-ring (bicyclic) bond motifs is 1. The van der Waals surface area contributed by atoms with Gasteiger partial charge in [0.25, 0.3) is 0 Å². The highest BCUT2D eigenvalue weighted by molar-refractivity contribution is 7.91. The molecule has 7 heteroatoms. The smallest absolute Gasteiger partial charge is 0.339 e. The molecule has 4 aromatic carbocycles. The van der Waals surface area contributed by atoms with Crippen molar-refractivity contribution in [2.24, 2.45) is 0 Å². The van der Waals surface area contributed by atoms with Gasteiger partial charge in [-0.2, -0.15) is 0 Å². The number of esters is 1. The average molecular weight is 448 g/mol. The normalized spacial score (nSPS) is 11.2. The van der Waals surface area contributed by atoms with Gasteiger partial charge in [-0.15, -0.1) is 0 Å². The molecule has 0 spiro atoms. The van der Waals surface area contributed by atoms with Crippen molar-refractivity contribution < 1.29 is 22.7 Å². The van der Waals surface area contributed by atoms with Crippen LogP contribution < -0.4 is 9.46 Å². The molecule has 162 valence electrons. The van der Waals surface area contributed by atoms with Crippen LogP contribution >= 0.6 is 0 Å². The third-order valence-corrected chi connectivity index (χ3v) is 6.08. The van der Waals surface area contributed by atoms with Crippen molar-refractivity contribution in [3.8, 4) is 11.5 Å². The molecule has 0 saturated carbocycles. The molecular weight excluding hydrogens is 426 g/mol. The Morgan fingerprint density at radius 1 is 0.875 bits per heavy atom. The zero-order chi connectivity index (χ0) is 22.6. The zero-order valence-electron chi connectivity index (χ0n) is 17.3. The van der Waals surface area contributed by atoms with Gasteiger partial charge in [0.05, 0.1) is 24.1 Å². The van der Waals surface area contributed by atoms with Crippen molar-refractivity contribution in [2.45, 2.75) is 5.75 Å². The van der Waals surface area contributed by atoms with Gasteiger partial charge in [0, 0.05) is 11.5 Å². The Hall–Kier alpha value is -3.84. The van der Waals surface area contributed by atoms with E-state index in [4.69, 9.17) is 9.47 Å². The molecule has 6 nitrogen and oxygen atoms in total. The van der Waals surface area contributed by atoms with Crippen LogP contribution in [0, 0.1) is 0 Å². The van der Waals surface area contributed by atoms with Crippen LogP contribution in [-0.2, 0) is 20.5 Å². The summed E-state index contributed by atoms with van der Waals surface area (Å²) in [4.78, 5) is 12.2. The summed E-state index contributed by atoms with van der Waals surface area (Å²) in [7, 11) is -2.55. The maximum Gasteiger partial charge on any atom is 0.339 e. The lowest BCUT2D eigenvalue weighted by Crippen LogP contribution is -2.17. The second kappa shape index (κ2) is 9.11. The van der Waals surface area contributed by atoms with E-state index in [1.54, 1.807) is 30.3 Å². The van der Waals surface area contributed by atoms with Crippen LogP contribution in [0.5, 0.6) is 11.5 Å². The Labute approximate surface area is 186 Å². The summed E-state index contributed by atoms with van der Waals surface area (Å²) in [5.74, 6) is 0.112. The molecule has 1 N–H and O–H groups in total. The molecule has 0 amide bonds. The lowest BCUT2D eigenvalue weighted by atomic mass is 10.1. The van der Waals surface area contributed by atoms with Crippen molar-refractivity contribution in [2.75, 3.05) is 11.8 Å². The minimum absolute atomic E-state index is 0.0884. The van der Waals surface area contributed by atoms with Crippen LogP contribution in [0.3, 0.4) is 0 Å². The molecule has 0 aliphatic heterocycles. The highest BCUT2D eigenvalue weighted by Crippen LogP contribution is 2.32. The van der Waals surface area contributed by atoms with Crippen molar-refractivity contribution in [1.82, 2.24) is 0 Å². The highest BCUT2D eigenvalue weighted by atomic mass is 32.2. The van der Waals surface area contributed by atoms with E-state index < -0.39 is 16.0 Å². The summed E-state index contributed by atoms with van der Waals surface area (Å²) in [6, 6.07) is 26.8. The second-order valence-corrected chi connectivity index (χ2v) is 8.85. The van der Waals surface area contributed by atoms with E-state index in [1.165, 1.54) is 19.2 Å². The number of rotatable bonds is 7. The Balaban J connectivity index is 1.67. The molecule has 0 radical (unpaired) electrons. The first-order valence-corrected chi connectivity index (χ1v) is 11.5. The van der Waals surface area contributed by atoms with Crippen LogP contribution in [0.15, 0.2) is 91.0 Å². The number of nitrogens with one attached hydrogen (secondary N) is 1. The number of hydrogen-bond acceptors (Lipinski definition) is 5. The summed E-state index contributed by atoms with van der Waals surface area (Å²) in [5, 5.41) is 1.93. The third-order valence-electron chi connectivity index (χ3n) is 4.84. The molecule has 0 unspecified atom stereocenters. The molecule has 32 heavy (non-hydrogen) atoms. The van der Waals surface area contributed by atoms with Crippen LogP contribution in [0.1, 0.15) is 15.9 Å². The summed E-state index contributed by atoms with van der Waals surface area (Å²) in [6.07, 6.45) is 0. The lowest BCUT2D eigenvalue weighted by molar-refractivity contribution is 0.0602. The van der Waals surface area contributed by atoms with Crippen LogP contribution in [0.4, 0.5) is 5.69 Å². The number of carbonyl (C=O) groups excluding carboxylic acids is 1. The number of methoxy groups -OCH3 is 1. The predicted molar refractivity (Wildman–Crippen MR) is 124 cm³/mol. The molecular formula is C25H21NO5S. The summed E-state index contributed by atoms with van der Waals surface area (Å²) < 4.78 is 38.9. The number of benzene rings is 4. The van der Waals surface area contributed by atoms with Gasteiger partial charge in [0.1, 0.15) is 11.5 Å². The molecule has 0 bridgehead atoms. The van der Waals surface area contributed by atoms with Gasteiger partial charge >= 0.3 is 5.97 Å². The van der Waals surface area contributed by atoms with E-state index in [-0.39, 0.29) is 17.0 Å². The van der Waals surface area contributed by atoms with E-state index in [0.29, 0.717) is 17.1 Å². The van der Waals surface area contributed by atoms with Gasteiger partial charge in [-0.05, 0) is 29.1 Å². The maximum atomic E-state index is 12.8. The molecule has 0 heterocycles. The topological polar surface area (TPSA) is 81.7 Å². The highest BCUT2D eigenvalue weighted by Gasteiger charge is 2.19. The fourth-order valence-electron chi connectivity index (χ4n) is 3.37. The minimum Gasteiger partial charge on any atom is -0.465 e. The third kappa shape index (κ3) is 4.90.